The van der Waals surface area contributed by atoms with Gasteiger partial charge in [0.15, 0.2) is 0 Å². The Morgan fingerprint density at radius 2 is 1.76 bits per heavy atom. The number of fused-ring (bicyclic) bond motifs is 1. The maximum atomic E-state index is 3.62. The van der Waals surface area contributed by atoms with Crippen LogP contribution in [0.2, 0.25) is 0 Å². The van der Waals surface area contributed by atoms with E-state index in [2.05, 4.69) is 76.3 Å². The number of allylic oxidation sites excluding steroid dienone is 2. The second kappa shape index (κ2) is 8.26. The highest BCUT2D eigenvalue weighted by atomic mass is 15.5. The third kappa shape index (κ3) is 3.90. The Bertz CT molecular complexity index is 654. The summed E-state index contributed by atoms with van der Waals surface area (Å²) in [6.45, 7) is 8.46. The van der Waals surface area contributed by atoms with Crippen LogP contribution in [0.3, 0.4) is 0 Å². The smallest absolute Gasteiger partial charge is 0.123 e. The molecule has 0 aromatic heterocycles. The van der Waals surface area contributed by atoms with Crippen molar-refractivity contribution in [2.24, 2.45) is 0 Å². The maximum absolute atomic E-state index is 3.62. The van der Waals surface area contributed by atoms with Crippen LogP contribution in [0.4, 0.5) is 0 Å². The Labute approximate surface area is 151 Å². The molecule has 3 heterocycles. The van der Waals surface area contributed by atoms with E-state index in [1.165, 1.54) is 41.9 Å². The number of hydrazine groups is 1. The van der Waals surface area contributed by atoms with Crippen LogP contribution in [-0.2, 0) is 0 Å². The van der Waals surface area contributed by atoms with Gasteiger partial charge in [-0.15, -0.1) is 0 Å². The second-order valence-corrected chi connectivity index (χ2v) is 6.43. The van der Waals surface area contributed by atoms with Crippen molar-refractivity contribution >= 4 is 5.70 Å². The normalized spacial score (nSPS) is 22.6. The number of rotatable bonds is 3. The molecule has 4 rings (SSSR count). The molecule has 0 saturated carbocycles. The minimum Gasteiger partial charge on any atom is -0.360 e. The van der Waals surface area contributed by atoms with Gasteiger partial charge in [-0.1, -0.05) is 50.6 Å². The van der Waals surface area contributed by atoms with E-state index in [1.807, 2.05) is 13.8 Å². The molecule has 1 aromatic rings. The SMILES string of the molecule is CC.CC1=C(c2ccccc2)NC2C=CC(NN3CCCCC3)=CN12. The van der Waals surface area contributed by atoms with Gasteiger partial charge in [0.1, 0.15) is 6.17 Å². The summed E-state index contributed by atoms with van der Waals surface area (Å²) in [4.78, 5) is 2.31. The maximum Gasteiger partial charge on any atom is 0.123 e. The number of hydrogen-bond donors (Lipinski definition) is 2. The first-order valence-corrected chi connectivity index (χ1v) is 9.54. The first kappa shape index (κ1) is 17.6. The number of benzene rings is 1. The van der Waals surface area contributed by atoms with Crippen molar-refractivity contribution in [3.63, 3.8) is 0 Å². The Kier molecular flexibility index (Phi) is 5.82. The van der Waals surface area contributed by atoms with E-state index in [1.54, 1.807) is 0 Å². The largest absolute Gasteiger partial charge is 0.360 e. The number of nitrogens with one attached hydrogen (secondary N) is 2. The molecule has 3 aliphatic rings. The van der Waals surface area contributed by atoms with Crippen LogP contribution >= 0.6 is 0 Å². The Balaban J connectivity index is 0.000000880. The summed E-state index contributed by atoms with van der Waals surface area (Å²) in [5, 5.41) is 5.95. The Hall–Kier alpha value is -2.20. The lowest BCUT2D eigenvalue weighted by molar-refractivity contribution is 0.175. The van der Waals surface area contributed by atoms with Crippen molar-refractivity contribution in [1.82, 2.24) is 20.7 Å². The van der Waals surface area contributed by atoms with E-state index in [0.29, 0.717) is 0 Å². The third-order valence-corrected chi connectivity index (χ3v) is 4.78. The van der Waals surface area contributed by atoms with Gasteiger partial charge in [-0.25, -0.2) is 5.01 Å². The average molecular weight is 338 g/mol. The van der Waals surface area contributed by atoms with Gasteiger partial charge in [0.25, 0.3) is 0 Å². The third-order valence-electron chi connectivity index (χ3n) is 4.78. The van der Waals surface area contributed by atoms with Crippen molar-refractivity contribution in [3.8, 4) is 0 Å². The van der Waals surface area contributed by atoms with E-state index >= 15 is 0 Å². The van der Waals surface area contributed by atoms with E-state index in [-0.39, 0.29) is 6.17 Å². The molecule has 25 heavy (non-hydrogen) atoms. The molecule has 1 unspecified atom stereocenters. The van der Waals surface area contributed by atoms with Gasteiger partial charge in [0.05, 0.1) is 11.4 Å². The number of nitrogens with zero attached hydrogens (tertiary/aromatic N) is 2. The van der Waals surface area contributed by atoms with E-state index in [0.717, 1.165) is 13.1 Å². The fourth-order valence-corrected chi connectivity index (χ4v) is 3.52. The van der Waals surface area contributed by atoms with Crippen LogP contribution < -0.4 is 10.7 Å². The summed E-state index contributed by atoms with van der Waals surface area (Å²) in [6, 6.07) is 10.5. The molecule has 0 radical (unpaired) electrons. The van der Waals surface area contributed by atoms with E-state index < -0.39 is 0 Å². The minimum atomic E-state index is 0.220. The summed E-state index contributed by atoms with van der Waals surface area (Å²) in [6.07, 6.45) is 10.8. The molecule has 1 saturated heterocycles. The monoisotopic (exact) mass is 338 g/mol. The van der Waals surface area contributed by atoms with Gasteiger partial charge in [0.2, 0.25) is 0 Å². The summed E-state index contributed by atoms with van der Waals surface area (Å²) in [5.74, 6) is 0. The highest BCUT2D eigenvalue weighted by Crippen LogP contribution is 2.30. The minimum absolute atomic E-state index is 0.220. The predicted molar refractivity (Wildman–Crippen MR) is 105 cm³/mol. The van der Waals surface area contributed by atoms with Crippen molar-refractivity contribution in [3.05, 3.63) is 65.6 Å². The van der Waals surface area contributed by atoms with Gasteiger partial charge in [-0.2, -0.15) is 0 Å². The quantitative estimate of drug-likeness (QED) is 0.871. The molecule has 0 aliphatic carbocycles. The van der Waals surface area contributed by atoms with Crippen molar-refractivity contribution < 1.29 is 0 Å². The van der Waals surface area contributed by atoms with Crippen LogP contribution in [-0.4, -0.2) is 29.2 Å². The molecule has 4 heteroatoms. The first-order chi connectivity index (χ1) is 12.3. The molecule has 1 fully saturated rings. The van der Waals surface area contributed by atoms with Crippen LogP contribution in [0, 0.1) is 0 Å². The van der Waals surface area contributed by atoms with Crippen LogP contribution in [0.15, 0.2) is 60.1 Å². The van der Waals surface area contributed by atoms with Gasteiger partial charge in [-0.05, 0) is 37.5 Å². The van der Waals surface area contributed by atoms with Crippen molar-refractivity contribution in [2.45, 2.75) is 46.2 Å². The molecule has 2 N–H and O–H groups in total. The summed E-state index contributed by atoms with van der Waals surface area (Å²) in [5.41, 5.74) is 8.45. The lowest BCUT2D eigenvalue weighted by atomic mass is 10.1. The topological polar surface area (TPSA) is 30.5 Å². The Morgan fingerprint density at radius 3 is 2.48 bits per heavy atom. The highest BCUT2D eigenvalue weighted by molar-refractivity contribution is 5.69. The molecule has 4 nitrogen and oxygen atoms in total. The van der Waals surface area contributed by atoms with Crippen molar-refractivity contribution in [2.75, 3.05) is 13.1 Å². The molecule has 1 atom stereocenters. The zero-order valence-electron chi connectivity index (χ0n) is 15.6. The standard InChI is InChI=1S/C19H24N4.C2H6/c1-15-19(16-8-4-2-5-9-16)20-18-11-10-17(14-23(15)18)21-22-12-6-3-7-13-22;1-2/h2,4-5,8-11,14,18,20-21H,3,6-7,12-13H2,1H3;1-2H3. The lowest BCUT2D eigenvalue weighted by Gasteiger charge is -2.32. The fourth-order valence-electron chi connectivity index (χ4n) is 3.52. The molecule has 1 aromatic carbocycles. The summed E-state index contributed by atoms with van der Waals surface area (Å²) in [7, 11) is 0. The molecule has 0 spiro atoms. The predicted octanol–water partition coefficient (Wildman–Crippen LogP) is 4.03. The molecule has 3 aliphatic heterocycles. The molecule has 134 valence electrons. The van der Waals surface area contributed by atoms with Crippen LogP contribution in [0.25, 0.3) is 5.70 Å². The number of piperidine rings is 1. The second-order valence-electron chi connectivity index (χ2n) is 6.43. The summed E-state index contributed by atoms with van der Waals surface area (Å²) >= 11 is 0. The molecule has 0 amide bonds. The zero-order chi connectivity index (χ0) is 17.6. The van der Waals surface area contributed by atoms with Gasteiger partial charge < -0.3 is 15.6 Å². The van der Waals surface area contributed by atoms with Crippen LogP contribution in [0.1, 0.15) is 45.6 Å². The fraction of sp³-hybridized carbons (Fsp3) is 0.429. The molecular weight excluding hydrogens is 308 g/mol. The van der Waals surface area contributed by atoms with E-state index in [4.69, 9.17) is 0 Å². The van der Waals surface area contributed by atoms with E-state index in [9.17, 15) is 0 Å². The van der Waals surface area contributed by atoms with Gasteiger partial charge >= 0.3 is 0 Å². The highest BCUT2D eigenvalue weighted by Gasteiger charge is 2.28. The summed E-state index contributed by atoms with van der Waals surface area (Å²) < 4.78 is 0. The van der Waals surface area contributed by atoms with Gasteiger partial charge in [-0.3, -0.25) is 0 Å². The average Bonchev–Trinajstić information content (AvgIpc) is 3.01. The molecular formula is C21H30N4. The number of hydrogen-bond acceptors (Lipinski definition) is 4. The molecule has 0 bridgehead atoms. The lowest BCUT2D eigenvalue weighted by Crippen LogP contribution is -2.43. The first-order valence-electron chi connectivity index (χ1n) is 9.54. The zero-order valence-corrected chi connectivity index (χ0v) is 15.6. The Morgan fingerprint density at radius 1 is 1.04 bits per heavy atom. The van der Waals surface area contributed by atoms with Crippen molar-refractivity contribution in [1.29, 1.82) is 0 Å². The van der Waals surface area contributed by atoms with Gasteiger partial charge in [0, 0.05) is 25.0 Å². The van der Waals surface area contributed by atoms with Crippen LogP contribution in [0.5, 0.6) is 0 Å².